The van der Waals surface area contributed by atoms with Gasteiger partial charge in [-0.05, 0) is 24.1 Å². The van der Waals surface area contributed by atoms with E-state index in [1.807, 2.05) is 6.07 Å². The summed E-state index contributed by atoms with van der Waals surface area (Å²) < 4.78 is 1.08. The van der Waals surface area contributed by atoms with E-state index in [1.54, 1.807) is 6.07 Å². The summed E-state index contributed by atoms with van der Waals surface area (Å²) in [5.74, 6) is 0.665. The predicted molar refractivity (Wildman–Crippen MR) is 92.9 cm³/mol. The second kappa shape index (κ2) is 4.42. The molecule has 0 amide bonds. The summed E-state index contributed by atoms with van der Waals surface area (Å²) in [4.78, 5) is 12.1. The van der Waals surface area contributed by atoms with Crippen LogP contribution in [0.5, 0.6) is 5.75 Å². The second-order valence-electron chi connectivity index (χ2n) is 8.41. The summed E-state index contributed by atoms with van der Waals surface area (Å²) in [5.41, 5.74) is 3.55. The Morgan fingerprint density at radius 1 is 1.42 bits per heavy atom. The maximum absolute atomic E-state index is 12.1. The summed E-state index contributed by atoms with van der Waals surface area (Å²) >= 11 is 0. The van der Waals surface area contributed by atoms with Crippen molar-refractivity contribution in [3.63, 3.8) is 0 Å². The maximum atomic E-state index is 12.1. The third kappa shape index (κ3) is 1.43. The van der Waals surface area contributed by atoms with Crippen LogP contribution >= 0.6 is 0 Å². The van der Waals surface area contributed by atoms with Crippen molar-refractivity contribution in [2.75, 3.05) is 25.5 Å². The molecule has 4 nitrogen and oxygen atoms in total. The fourth-order valence-electron chi connectivity index (χ4n) is 6.66. The fourth-order valence-corrected chi connectivity index (χ4v) is 6.66. The molecule has 3 aliphatic heterocycles. The first-order valence-electron chi connectivity index (χ1n) is 9.09. The molecule has 126 valence electrons. The van der Waals surface area contributed by atoms with Gasteiger partial charge in [-0.1, -0.05) is 18.2 Å². The number of nitrogens with one attached hydrogen (secondary N) is 1. The topological polar surface area (TPSA) is 49.3 Å². The third-order valence-electron chi connectivity index (χ3n) is 7.66. The van der Waals surface area contributed by atoms with Gasteiger partial charge >= 0.3 is 0 Å². The number of piperidine rings is 1. The normalized spacial score (nSPS) is 46.3. The van der Waals surface area contributed by atoms with Crippen LogP contribution in [0, 0.1) is 11.8 Å². The molecule has 2 bridgehead atoms. The largest absolute Gasteiger partial charge is 0.506 e. The first-order chi connectivity index (χ1) is 11.5. The average Bonchev–Trinajstić information content (AvgIpc) is 3.09. The monoisotopic (exact) mass is 325 g/mol. The number of benzene rings is 1. The zero-order valence-corrected chi connectivity index (χ0v) is 14.3. The van der Waals surface area contributed by atoms with Crippen molar-refractivity contribution in [3.05, 3.63) is 35.4 Å². The summed E-state index contributed by atoms with van der Waals surface area (Å²) in [6, 6.07) is 6.52. The summed E-state index contributed by atoms with van der Waals surface area (Å²) in [5, 5.41) is 14.0. The number of likely N-dealkylation sites (N-methyl/N-ethyl adjacent to an activating group) is 1. The minimum Gasteiger partial charge on any atom is -0.506 e. The van der Waals surface area contributed by atoms with Crippen molar-refractivity contribution in [1.29, 1.82) is 0 Å². The lowest BCUT2D eigenvalue weighted by molar-refractivity contribution is -0.924. The zero-order chi connectivity index (χ0) is 16.7. The highest BCUT2D eigenvalue weighted by Crippen LogP contribution is 2.63. The molecule has 2 N–H and O–H groups in total. The molecule has 6 atom stereocenters. The number of fused-ring (bicyclic) bond motifs is 2. The van der Waals surface area contributed by atoms with E-state index in [0.29, 0.717) is 17.7 Å². The molecule has 3 fully saturated rings. The number of quaternary nitrogens is 1. The molecule has 4 aliphatic rings. The number of phenols is 1. The number of nitrogens with zero attached hydrogens (tertiary/aromatic N) is 1. The molecule has 0 unspecified atom stereocenters. The van der Waals surface area contributed by atoms with Crippen LogP contribution < -0.4 is 5.32 Å². The maximum Gasteiger partial charge on any atom is 0.138 e. The lowest BCUT2D eigenvalue weighted by atomic mass is 9.55. The fraction of sp³-hybridized carbons (Fsp3) is 0.550. The number of carbonyl (C=O) groups excluding carboxylic acids is 1. The quantitative estimate of drug-likeness (QED) is 0.361. The number of para-hydroxylation sites is 1. The van der Waals surface area contributed by atoms with Gasteiger partial charge in [0, 0.05) is 24.7 Å². The second-order valence-corrected chi connectivity index (χ2v) is 8.41. The Kier molecular flexibility index (Phi) is 2.68. The van der Waals surface area contributed by atoms with Crippen LogP contribution in [-0.2, 0) is 10.2 Å². The molecular formula is C20H25N2O2+. The van der Waals surface area contributed by atoms with Crippen LogP contribution in [0.3, 0.4) is 0 Å². The molecule has 1 aliphatic carbocycles. The third-order valence-corrected chi connectivity index (χ3v) is 7.66. The number of rotatable bonds is 1. The van der Waals surface area contributed by atoms with Crippen molar-refractivity contribution in [3.8, 4) is 5.75 Å². The van der Waals surface area contributed by atoms with E-state index >= 15 is 0 Å². The van der Waals surface area contributed by atoms with Gasteiger partial charge in [0.1, 0.15) is 24.6 Å². The van der Waals surface area contributed by atoms with Crippen LogP contribution in [0.25, 0.3) is 0 Å². The summed E-state index contributed by atoms with van der Waals surface area (Å²) in [7, 11) is 2.39. The zero-order valence-electron chi connectivity index (χ0n) is 14.3. The van der Waals surface area contributed by atoms with Crippen LogP contribution in [-0.4, -0.2) is 48.1 Å². The molecule has 0 radical (unpaired) electrons. The van der Waals surface area contributed by atoms with Crippen LogP contribution in [0.2, 0.25) is 0 Å². The Labute approximate surface area is 142 Å². The van der Waals surface area contributed by atoms with E-state index < -0.39 is 0 Å². The number of carbonyl (C=O) groups is 1. The van der Waals surface area contributed by atoms with E-state index in [0.717, 1.165) is 36.1 Å². The van der Waals surface area contributed by atoms with Crippen LogP contribution in [0.4, 0.5) is 5.69 Å². The Morgan fingerprint density at radius 2 is 2.25 bits per heavy atom. The van der Waals surface area contributed by atoms with Gasteiger partial charge in [0.05, 0.1) is 30.7 Å². The van der Waals surface area contributed by atoms with E-state index in [4.69, 9.17) is 0 Å². The first kappa shape index (κ1) is 14.5. The van der Waals surface area contributed by atoms with Crippen LogP contribution in [0.1, 0.15) is 25.3 Å². The molecule has 1 aromatic carbocycles. The average molecular weight is 325 g/mol. The van der Waals surface area contributed by atoms with Gasteiger partial charge in [-0.25, -0.2) is 0 Å². The number of hydrogen-bond donors (Lipinski definition) is 2. The lowest BCUT2D eigenvalue weighted by Crippen LogP contribution is -2.67. The molecular weight excluding hydrogens is 300 g/mol. The molecule has 0 aromatic heterocycles. The summed E-state index contributed by atoms with van der Waals surface area (Å²) in [6.45, 7) is 4.33. The van der Waals surface area contributed by atoms with Crippen molar-refractivity contribution in [2.45, 2.75) is 37.3 Å². The molecule has 1 saturated carbocycles. The van der Waals surface area contributed by atoms with Gasteiger partial charge in [-0.2, -0.15) is 0 Å². The van der Waals surface area contributed by atoms with Crippen molar-refractivity contribution in [1.82, 2.24) is 0 Å². The Morgan fingerprint density at radius 3 is 3.00 bits per heavy atom. The highest BCUT2D eigenvalue weighted by Gasteiger charge is 2.71. The van der Waals surface area contributed by atoms with Crippen molar-refractivity contribution < 1.29 is 14.4 Å². The van der Waals surface area contributed by atoms with Gasteiger partial charge in [0.15, 0.2) is 0 Å². The van der Waals surface area contributed by atoms with Gasteiger partial charge < -0.3 is 19.7 Å². The highest BCUT2D eigenvalue weighted by atomic mass is 16.3. The molecule has 5 rings (SSSR count). The molecule has 1 aromatic rings. The number of aromatic hydroxyl groups is 1. The number of phenolic OH excluding ortho intramolecular Hbond substituents is 1. The van der Waals surface area contributed by atoms with Crippen LogP contribution in [0.15, 0.2) is 29.8 Å². The van der Waals surface area contributed by atoms with E-state index in [2.05, 4.69) is 31.4 Å². The van der Waals surface area contributed by atoms with E-state index in [1.165, 1.54) is 17.4 Å². The minimum absolute atomic E-state index is 0.00824. The first-order valence-corrected chi connectivity index (χ1v) is 9.09. The smallest absolute Gasteiger partial charge is 0.138 e. The number of aldehydes is 1. The number of hydrogen-bond acceptors (Lipinski definition) is 3. The molecule has 2 saturated heterocycles. The van der Waals surface area contributed by atoms with E-state index in [9.17, 15) is 9.90 Å². The van der Waals surface area contributed by atoms with Gasteiger partial charge in [-0.15, -0.1) is 0 Å². The standard InChI is InChI=1S/C20H24N2O2/c1-3-12-10-22(2)8-7-20-15-5-4-6-16(24)18(15)21-19(20)14(11-23)13(12)9-17(20)22/h3-6,11,13-14,17,19,21H,7-10H2,1-2H3/p+1/b12-3+/t13-,14-,17+,19+,20+,22-/m0/s1. The Balaban J connectivity index is 1.76. The summed E-state index contributed by atoms with van der Waals surface area (Å²) in [6.07, 6.45) is 5.61. The molecule has 4 heteroatoms. The highest BCUT2D eigenvalue weighted by molar-refractivity contribution is 5.74. The Bertz CT molecular complexity index is 773. The predicted octanol–water partition coefficient (Wildman–Crippen LogP) is 2.44. The van der Waals surface area contributed by atoms with Crippen molar-refractivity contribution in [2.24, 2.45) is 11.8 Å². The Hall–Kier alpha value is -1.81. The number of allylic oxidation sites excluding steroid dienone is 1. The SMILES string of the molecule is C/C=C1\C[N@+]2(C)CC[C@]34c5cccc(O)c5N[C@@H]3[C@@H](C=O)[C@H]1C[C@H]42. The molecule has 1 spiro atoms. The molecule has 24 heavy (non-hydrogen) atoms. The van der Waals surface area contributed by atoms with Gasteiger partial charge in [0.25, 0.3) is 0 Å². The number of anilines is 1. The van der Waals surface area contributed by atoms with E-state index in [-0.39, 0.29) is 17.4 Å². The minimum atomic E-state index is -0.00975. The van der Waals surface area contributed by atoms with Crippen molar-refractivity contribution >= 4 is 12.0 Å². The van der Waals surface area contributed by atoms with Gasteiger partial charge in [0.2, 0.25) is 0 Å². The molecule has 3 heterocycles. The lowest BCUT2D eigenvalue weighted by Gasteiger charge is -2.55. The van der Waals surface area contributed by atoms with Gasteiger partial charge in [-0.3, -0.25) is 0 Å².